The molecule has 0 aliphatic heterocycles. The second kappa shape index (κ2) is 3.11. The van der Waals surface area contributed by atoms with E-state index in [0.717, 1.165) is 5.69 Å². The largest absolute Gasteiger partial charge is 0.380 e. The first-order chi connectivity index (χ1) is 6.87. The summed E-state index contributed by atoms with van der Waals surface area (Å²) in [6.45, 7) is 9.11. The van der Waals surface area contributed by atoms with E-state index in [0.29, 0.717) is 21.9 Å². The molecule has 0 bridgehead atoms. The molecule has 1 aliphatic carbocycles. The fourth-order valence-corrected chi connectivity index (χ4v) is 2.38. The number of rotatable bonds is 2. The van der Waals surface area contributed by atoms with Gasteiger partial charge in [0.05, 0.1) is 10.7 Å². The smallest absolute Gasteiger partial charge is 0.0820 e. The molecular formula is C12H17ClN2. The van der Waals surface area contributed by atoms with Crippen molar-refractivity contribution in [1.82, 2.24) is 4.98 Å². The van der Waals surface area contributed by atoms with E-state index in [1.54, 1.807) is 12.4 Å². The zero-order chi connectivity index (χ0) is 11.3. The van der Waals surface area contributed by atoms with E-state index < -0.39 is 0 Å². The standard InChI is InChI=1S/C12H17ClN2/c1-11(2)10(12(11,3)4)15-9-5-6-14-7-8(9)13/h5-7,10H,1-4H3,(H,14,15). The topological polar surface area (TPSA) is 24.9 Å². The van der Waals surface area contributed by atoms with E-state index in [9.17, 15) is 0 Å². The van der Waals surface area contributed by atoms with Gasteiger partial charge in [0.25, 0.3) is 0 Å². The molecule has 2 nitrogen and oxygen atoms in total. The molecule has 15 heavy (non-hydrogen) atoms. The Morgan fingerprint density at radius 3 is 2.33 bits per heavy atom. The molecule has 1 aliphatic rings. The predicted molar refractivity (Wildman–Crippen MR) is 64.2 cm³/mol. The number of hydrogen-bond acceptors (Lipinski definition) is 2. The molecule has 82 valence electrons. The van der Waals surface area contributed by atoms with E-state index in [4.69, 9.17) is 11.6 Å². The molecule has 0 amide bonds. The molecule has 1 fully saturated rings. The Labute approximate surface area is 96.1 Å². The van der Waals surface area contributed by atoms with Crippen LogP contribution < -0.4 is 5.32 Å². The first-order valence-electron chi connectivity index (χ1n) is 5.23. The highest BCUT2D eigenvalue weighted by atomic mass is 35.5. The molecule has 0 radical (unpaired) electrons. The maximum absolute atomic E-state index is 6.06. The second-order valence-corrected chi connectivity index (χ2v) is 5.78. The van der Waals surface area contributed by atoms with Gasteiger partial charge in [0.2, 0.25) is 0 Å². The summed E-state index contributed by atoms with van der Waals surface area (Å²) in [6, 6.07) is 2.40. The van der Waals surface area contributed by atoms with Crippen molar-refractivity contribution in [2.24, 2.45) is 10.8 Å². The molecule has 1 saturated carbocycles. The van der Waals surface area contributed by atoms with Crippen molar-refractivity contribution in [1.29, 1.82) is 0 Å². The van der Waals surface area contributed by atoms with Crippen molar-refractivity contribution in [3.8, 4) is 0 Å². The number of halogens is 1. The van der Waals surface area contributed by atoms with E-state index >= 15 is 0 Å². The van der Waals surface area contributed by atoms with Gasteiger partial charge in [0.1, 0.15) is 0 Å². The van der Waals surface area contributed by atoms with E-state index in [1.165, 1.54) is 0 Å². The van der Waals surface area contributed by atoms with Gasteiger partial charge in [-0.25, -0.2) is 0 Å². The number of pyridine rings is 1. The lowest BCUT2D eigenvalue weighted by molar-refractivity contribution is 0.457. The highest BCUT2D eigenvalue weighted by molar-refractivity contribution is 6.33. The summed E-state index contributed by atoms with van der Waals surface area (Å²) < 4.78 is 0. The molecule has 1 aromatic rings. The van der Waals surface area contributed by atoms with Crippen LogP contribution in [-0.2, 0) is 0 Å². The summed E-state index contributed by atoms with van der Waals surface area (Å²) in [6.07, 6.45) is 3.43. The predicted octanol–water partition coefficient (Wildman–Crippen LogP) is 3.58. The summed E-state index contributed by atoms with van der Waals surface area (Å²) in [5.74, 6) is 0. The third-order valence-corrected chi connectivity index (χ3v) is 4.39. The van der Waals surface area contributed by atoms with Crippen molar-refractivity contribution in [3.05, 3.63) is 23.5 Å². The minimum atomic E-state index is 0.319. The lowest BCUT2D eigenvalue weighted by Gasteiger charge is -2.09. The fraction of sp³-hybridized carbons (Fsp3) is 0.583. The number of hydrogen-bond donors (Lipinski definition) is 1. The summed E-state index contributed by atoms with van der Waals surface area (Å²) in [4.78, 5) is 3.97. The zero-order valence-corrected chi connectivity index (χ0v) is 10.4. The van der Waals surface area contributed by atoms with Gasteiger partial charge in [-0.3, -0.25) is 4.98 Å². The third-order valence-electron chi connectivity index (χ3n) is 4.09. The lowest BCUT2D eigenvalue weighted by Crippen LogP contribution is -2.10. The summed E-state index contributed by atoms with van der Waals surface area (Å²) in [5.41, 5.74) is 1.62. The van der Waals surface area contributed by atoms with Crippen LogP contribution in [0.1, 0.15) is 27.7 Å². The van der Waals surface area contributed by atoms with Crippen molar-refractivity contribution >= 4 is 17.3 Å². The maximum Gasteiger partial charge on any atom is 0.0820 e. The normalized spacial score (nSPS) is 22.5. The van der Waals surface area contributed by atoms with Crippen LogP contribution in [0, 0.1) is 10.8 Å². The molecule has 0 saturated heterocycles. The maximum atomic E-state index is 6.06. The van der Waals surface area contributed by atoms with E-state index in [2.05, 4.69) is 38.0 Å². The van der Waals surface area contributed by atoms with Crippen LogP contribution in [-0.4, -0.2) is 11.0 Å². The summed E-state index contributed by atoms with van der Waals surface area (Å²) >= 11 is 6.06. The molecule has 0 spiro atoms. The van der Waals surface area contributed by atoms with Gasteiger partial charge < -0.3 is 5.32 Å². The van der Waals surface area contributed by atoms with Crippen molar-refractivity contribution in [2.75, 3.05) is 5.32 Å². The van der Waals surface area contributed by atoms with Gasteiger partial charge in [-0.15, -0.1) is 0 Å². The van der Waals surface area contributed by atoms with Crippen LogP contribution >= 0.6 is 11.6 Å². The molecule has 1 heterocycles. The van der Waals surface area contributed by atoms with Crippen LogP contribution in [0.4, 0.5) is 5.69 Å². The Bertz CT molecular complexity index is 371. The van der Waals surface area contributed by atoms with Crippen molar-refractivity contribution < 1.29 is 0 Å². The van der Waals surface area contributed by atoms with Crippen molar-refractivity contribution in [3.63, 3.8) is 0 Å². The average molecular weight is 225 g/mol. The highest BCUT2D eigenvalue weighted by Crippen LogP contribution is 2.63. The Balaban J connectivity index is 2.16. The van der Waals surface area contributed by atoms with Gasteiger partial charge in [-0.05, 0) is 16.9 Å². The summed E-state index contributed by atoms with van der Waals surface area (Å²) in [7, 11) is 0. The Morgan fingerprint density at radius 2 is 1.87 bits per heavy atom. The van der Waals surface area contributed by atoms with Crippen LogP contribution in [0.3, 0.4) is 0 Å². The molecule has 2 rings (SSSR count). The Hall–Kier alpha value is -0.760. The Kier molecular flexibility index (Phi) is 2.23. The van der Waals surface area contributed by atoms with Gasteiger partial charge in [-0.2, -0.15) is 0 Å². The number of nitrogens with zero attached hydrogens (tertiary/aromatic N) is 1. The quantitative estimate of drug-likeness (QED) is 0.831. The third kappa shape index (κ3) is 1.51. The van der Waals surface area contributed by atoms with Crippen LogP contribution in [0.25, 0.3) is 0 Å². The van der Waals surface area contributed by atoms with Crippen LogP contribution in [0.5, 0.6) is 0 Å². The fourth-order valence-electron chi connectivity index (χ4n) is 2.20. The number of nitrogens with one attached hydrogen (secondary N) is 1. The highest BCUT2D eigenvalue weighted by Gasteiger charge is 2.64. The van der Waals surface area contributed by atoms with Crippen molar-refractivity contribution in [2.45, 2.75) is 33.7 Å². The van der Waals surface area contributed by atoms with Gasteiger partial charge in [-0.1, -0.05) is 39.3 Å². The van der Waals surface area contributed by atoms with Gasteiger partial charge in [0.15, 0.2) is 0 Å². The average Bonchev–Trinajstić information content (AvgIpc) is 2.51. The zero-order valence-electron chi connectivity index (χ0n) is 9.63. The minimum absolute atomic E-state index is 0.319. The molecule has 0 atom stereocenters. The molecule has 0 aromatic carbocycles. The Morgan fingerprint density at radius 1 is 1.27 bits per heavy atom. The lowest BCUT2D eigenvalue weighted by atomic mass is 10.0. The SMILES string of the molecule is CC1(C)C(Nc2ccncc2Cl)C1(C)C. The summed E-state index contributed by atoms with van der Waals surface area (Å²) in [5, 5.41) is 4.18. The molecule has 3 heteroatoms. The van der Waals surface area contributed by atoms with E-state index in [-0.39, 0.29) is 0 Å². The molecular weight excluding hydrogens is 208 g/mol. The van der Waals surface area contributed by atoms with Crippen LogP contribution in [0.15, 0.2) is 18.5 Å². The second-order valence-electron chi connectivity index (χ2n) is 5.38. The molecule has 1 aromatic heterocycles. The molecule has 0 unspecified atom stereocenters. The van der Waals surface area contributed by atoms with Gasteiger partial charge in [0, 0.05) is 18.4 Å². The first kappa shape index (κ1) is 10.7. The first-order valence-corrected chi connectivity index (χ1v) is 5.61. The van der Waals surface area contributed by atoms with Crippen LogP contribution in [0.2, 0.25) is 5.02 Å². The number of anilines is 1. The monoisotopic (exact) mass is 224 g/mol. The van der Waals surface area contributed by atoms with Gasteiger partial charge >= 0.3 is 0 Å². The van der Waals surface area contributed by atoms with E-state index in [1.807, 2.05) is 6.07 Å². The number of aromatic nitrogens is 1. The minimum Gasteiger partial charge on any atom is -0.380 e. The molecule has 1 N–H and O–H groups in total.